The summed E-state index contributed by atoms with van der Waals surface area (Å²) in [5, 5.41) is 4.46. The van der Waals surface area contributed by atoms with Gasteiger partial charge >= 0.3 is 0 Å². The molecule has 0 spiro atoms. The van der Waals surface area contributed by atoms with E-state index in [-0.39, 0.29) is 5.41 Å². The van der Waals surface area contributed by atoms with E-state index < -0.39 is 0 Å². The largest absolute Gasteiger partial charge is 0.493 e. The first-order valence-electron chi connectivity index (χ1n) is 8.29. The van der Waals surface area contributed by atoms with Crippen LogP contribution in [0.2, 0.25) is 0 Å². The lowest BCUT2D eigenvalue weighted by atomic mass is 9.65. The molecule has 5 nitrogen and oxygen atoms in total. The molecular formula is C18H27N3O2. The molecule has 23 heavy (non-hydrogen) atoms. The average molecular weight is 317 g/mol. The minimum atomic E-state index is 0.195. The third-order valence-corrected chi connectivity index (χ3v) is 5.60. The maximum atomic E-state index is 5.53. The molecule has 1 aromatic rings. The van der Waals surface area contributed by atoms with Crippen LogP contribution >= 0.6 is 0 Å². The molecule has 0 aromatic heterocycles. The molecule has 1 saturated carbocycles. The van der Waals surface area contributed by atoms with Gasteiger partial charge in [0.15, 0.2) is 11.5 Å². The van der Waals surface area contributed by atoms with E-state index >= 15 is 0 Å². The molecule has 2 fully saturated rings. The van der Waals surface area contributed by atoms with Crippen LogP contribution in [0.15, 0.2) is 23.3 Å². The van der Waals surface area contributed by atoms with Crippen molar-refractivity contribution in [2.45, 2.75) is 37.1 Å². The fourth-order valence-electron chi connectivity index (χ4n) is 4.34. The van der Waals surface area contributed by atoms with E-state index in [0.29, 0.717) is 6.04 Å². The monoisotopic (exact) mass is 317 g/mol. The van der Waals surface area contributed by atoms with Crippen LogP contribution in [0.25, 0.3) is 0 Å². The summed E-state index contributed by atoms with van der Waals surface area (Å²) in [4.78, 5) is 2.49. The molecule has 5 heteroatoms. The first kappa shape index (κ1) is 16.1. The number of benzene rings is 1. The Bertz CT molecular complexity index is 602. The van der Waals surface area contributed by atoms with Gasteiger partial charge in [-0.25, -0.2) is 0 Å². The zero-order valence-corrected chi connectivity index (χ0v) is 14.6. The Balaban J connectivity index is 1.98. The van der Waals surface area contributed by atoms with Gasteiger partial charge in [0.25, 0.3) is 0 Å². The van der Waals surface area contributed by atoms with Gasteiger partial charge in [-0.15, -0.1) is 0 Å². The van der Waals surface area contributed by atoms with Gasteiger partial charge < -0.3 is 19.8 Å². The quantitative estimate of drug-likeness (QED) is 0.866. The SMILES string of the molecule is CN/N=C1\CC[C@@]2(c3ccc(OC)c(OC)c3)CCN(C)[C@H]2C1. The maximum absolute atomic E-state index is 5.53. The van der Waals surface area contributed by atoms with E-state index in [1.807, 2.05) is 13.1 Å². The van der Waals surface area contributed by atoms with Crippen molar-refractivity contribution in [2.24, 2.45) is 5.10 Å². The number of fused-ring (bicyclic) bond motifs is 1. The molecule has 0 unspecified atom stereocenters. The van der Waals surface area contributed by atoms with Gasteiger partial charge in [-0.1, -0.05) is 6.07 Å². The Morgan fingerprint density at radius 2 is 2.00 bits per heavy atom. The molecule has 2 atom stereocenters. The molecular weight excluding hydrogens is 290 g/mol. The molecule has 1 saturated heterocycles. The number of likely N-dealkylation sites (tertiary alicyclic amines) is 1. The van der Waals surface area contributed by atoms with Crippen LogP contribution in [-0.4, -0.2) is 51.5 Å². The van der Waals surface area contributed by atoms with Crippen LogP contribution in [0.4, 0.5) is 0 Å². The smallest absolute Gasteiger partial charge is 0.161 e. The fourth-order valence-corrected chi connectivity index (χ4v) is 4.34. The zero-order chi connectivity index (χ0) is 16.4. The Kier molecular flexibility index (Phi) is 4.48. The summed E-state index contributed by atoms with van der Waals surface area (Å²) < 4.78 is 10.9. The summed E-state index contributed by atoms with van der Waals surface area (Å²) in [6.45, 7) is 1.13. The number of likely N-dealkylation sites (N-methyl/N-ethyl adjacent to an activating group) is 1. The summed E-state index contributed by atoms with van der Waals surface area (Å²) in [7, 11) is 7.50. The van der Waals surface area contributed by atoms with Gasteiger partial charge in [0.2, 0.25) is 0 Å². The van der Waals surface area contributed by atoms with Crippen molar-refractivity contribution >= 4 is 5.71 Å². The van der Waals surface area contributed by atoms with Crippen molar-refractivity contribution < 1.29 is 9.47 Å². The van der Waals surface area contributed by atoms with Crippen LogP contribution in [0.1, 0.15) is 31.2 Å². The number of rotatable bonds is 4. The lowest BCUT2D eigenvalue weighted by Crippen LogP contribution is -2.46. The molecule has 2 aliphatic rings. The number of nitrogens with zero attached hydrogens (tertiary/aromatic N) is 2. The minimum Gasteiger partial charge on any atom is -0.493 e. The summed E-state index contributed by atoms with van der Waals surface area (Å²) in [5.41, 5.74) is 5.79. The Morgan fingerprint density at radius 3 is 2.70 bits per heavy atom. The highest BCUT2D eigenvalue weighted by molar-refractivity contribution is 5.86. The fraction of sp³-hybridized carbons (Fsp3) is 0.611. The molecule has 126 valence electrons. The van der Waals surface area contributed by atoms with Gasteiger partial charge in [0.05, 0.1) is 14.2 Å². The highest BCUT2D eigenvalue weighted by Crippen LogP contribution is 2.49. The number of ether oxygens (including phenoxy) is 2. The van der Waals surface area contributed by atoms with E-state index in [4.69, 9.17) is 9.47 Å². The van der Waals surface area contributed by atoms with Crippen molar-refractivity contribution in [2.75, 3.05) is 34.9 Å². The van der Waals surface area contributed by atoms with Crippen LogP contribution < -0.4 is 14.9 Å². The van der Waals surface area contributed by atoms with Gasteiger partial charge in [-0.2, -0.15) is 5.10 Å². The van der Waals surface area contributed by atoms with Crippen molar-refractivity contribution in [3.63, 3.8) is 0 Å². The van der Waals surface area contributed by atoms with Crippen molar-refractivity contribution in [1.29, 1.82) is 0 Å². The van der Waals surface area contributed by atoms with Crippen molar-refractivity contribution in [3.8, 4) is 11.5 Å². The number of nitrogens with one attached hydrogen (secondary N) is 1. The third-order valence-electron chi connectivity index (χ3n) is 5.60. The van der Waals surface area contributed by atoms with E-state index in [2.05, 4.69) is 34.6 Å². The molecule has 3 rings (SSSR count). The molecule has 0 bridgehead atoms. The normalized spacial score (nSPS) is 29.4. The van der Waals surface area contributed by atoms with Gasteiger partial charge in [0.1, 0.15) is 0 Å². The Hall–Kier alpha value is -1.75. The molecule has 1 aliphatic heterocycles. The highest BCUT2D eigenvalue weighted by atomic mass is 16.5. The second-order valence-corrected chi connectivity index (χ2v) is 6.58. The van der Waals surface area contributed by atoms with E-state index in [0.717, 1.165) is 37.3 Å². The Morgan fingerprint density at radius 1 is 1.22 bits per heavy atom. The van der Waals surface area contributed by atoms with Crippen LogP contribution in [0.3, 0.4) is 0 Å². The average Bonchev–Trinajstić information content (AvgIpc) is 2.92. The number of hydrogen-bond acceptors (Lipinski definition) is 5. The highest BCUT2D eigenvalue weighted by Gasteiger charge is 2.49. The molecule has 1 aromatic carbocycles. The van der Waals surface area contributed by atoms with Gasteiger partial charge in [-0.3, -0.25) is 0 Å². The third kappa shape index (κ3) is 2.67. The topological polar surface area (TPSA) is 46.1 Å². The standard InChI is InChI=1S/C18H27N3O2/c1-19-20-14-7-8-18(9-10-21(2)17(18)12-14)13-5-6-15(22-3)16(11-13)23-4/h5-6,11,17,19H,7-10,12H2,1-4H3/b20-14+/t17-,18-/m0/s1. The van der Waals surface area contributed by atoms with Crippen LogP contribution in [-0.2, 0) is 5.41 Å². The van der Waals surface area contributed by atoms with Crippen molar-refractivity contribution in [3.05, 3.63) is 23.8 Å². The molecule has 0 radical (unpaired) electrons. The summed E-state index contributed by atoms with van der Waals surface area (Å²) in [6.07, 6.45) is 4.42. The molecule has 0 amide bonds. The first-order valence-corrected chi connectivity index (χ1v) is 8.29. The van der Waals surface area contributed by atoms with E-state index in [9.17, 15) is 0 Å². The molecule has 1 aliphatic carbocycles. The number of methoxy groups -OCH3 is 2. The Labute approximate surface area is 138 Å². The van der Waals surface area contributed by atoms with E-state index in [1.165, 1.54) is 17.7 Å². The molecule has 1 N–H and O–H groups in total. The zero-order valence-electron chi connectivity index (χ0n) is 14.6. The summed E-state index contributed by atoms with van der Waals surface area (Å²) in [6, 6.07) is 6.93. The first-order chi connectivity index (χ1) is 11.1. The summed E-state index contributed by atoms with van der Waals surface area (Å²) in [5.74, 6) is 1.62. The van der Waals surface area contributed by atoms with Crippen molar-refractivity contribution in [1.82, 2.24) is 10.3 Å². The second-order valence-electron chi connectivity index (χ2n) is 6.58. The lowest BCUT2D eigenvalue weighted by Gasteiger charge is -2.42. The summed E-state index contributed by atoms with van der Waals surface area (Å²) >= 11 is 0. The van der Waals surface area contributed by atoms with Crippen LogP contribution in [0.5, 0.6) is 11.5 Å². The molecule has 1 heterocycles. The maximum Gasteiger partial charge on any atom is 0.161 e. The minimum absolute atomic E-state index is 0.195. The van der Waals surface area contributed by atoms with E-state index in [1.54, 1.807) is 14.2 Å². The predicted octanol–water partition coefficient (Wildman–Crippen LogP) is 2.41. The van der Waals surface area contributed by atoms with Gasteiger partial charge in [-0.05, 0) is 50.6 Å². The number of hydrogen-bond donors (Lipinski definition) is 1. The number of hydrazone groups is 1. The predicted molar refractivity (Wildman–Crippen MR) is 92.6 cm³/mol. The van der Waals surface area contributed by atoms with Gasteiger partial charge in [0, 0.05) is 30.6 Å². The van der Waals surface area contributed by atoms with Crippen LogP contribution in [0, 0.1) is 0 Å². The lowest BCUT2D eigenvalue weighted by molar-refractivity contribution is 0.226. The second kappa shape index (κ2) is 6.40.